The molecule has 2 aromatic carbocycles. The smallest absolute Gasteiger partial charge is 0.230 e. The summed E-state index contributed by atoms with van der Waals surface area (Å²) in [5.41, 5.74) is 1.22. The molecule has 122 valence electrons. The van der Waals surface area contributed by atoms with Crippen LogP contribution in [0.3, 0.4) is 0 Å². The predicted octanol–water partition coefficient (Wildman–Crippen LogP) is 3.29. The Bertz CT molecular complexity index is 628. The van der Waals surface area contributed by atoms with Crippen LogP contribution >= 0.6 is 11.8 Å². The molecule has 0 radical (unpaired) electrons. The Hall–Kier alpha value is -2.14. The van der Waals surface area contributed by atoms with E-state index in [1.54, 1.807) is 7.11 Å². The van der Waals surface area contributed by atoms with Gasteiger partial charge >= 0.3 is 0 Å². The highest BCUT2D eigenvalue weighted by atomic mass is 32.2. The van der Waals surface area contributed by atoms with Gasteiger partial charge < -0.3 is 14.8 Å². The molecule has 23 heavy (non-hydrogen) atoms. The molecule has 0 saturated heterocycles. The first kappa shape index (κ1) is 17.2. The molecule has 0 atom stereocenters. The fraction of sp³-hybridized carbons (Fsp3) is 0.278. The minimum absolute atomic E-state index is 0.000739. The van der Waals surface area contributed by atoms with Crippen molar-refractivity contribution in [1.29, 1.82) is 0 Å². The maximum absolute atomic E-state index is 11.8. The number of ether oxygens (including phenoxy) is 2. The Balaban J connectivity index is 1.66. The van der Waals surface area contributed by atoms with E-state index in [0.717, 1.165) is 4.90 Å². The summed E-state index contributed by atoms with van der Waals surface area (Å²) >= 11 is 1.52. The first-order chi connectivity index (χ1) is 11.2. The average molecular weight is 331 g/mol. The van der Waals surface area contributed by atoms with E-state index in [1.807, 2.05) is 55.5 Å². The molecule has 0 fully saturated rings. The molecule has 2 rings (SSSR count). The Kier molecular flexibility index (Phi) is 6.81. The van der Waals surface area contributed by atoms with Gasteiger partial charge in [-0.05, 0) is 31.2 Å². The third-order valence-corrected chi connectivity index (χ3v) is 4.15. The highest BCUT2D eigenvalue weighted by molar-refractivity contribution is 8.00. The lowest BCUT2D eigenvalue weighted by molar-refractivity contribution is -0.118. The number of carbonyl (C=O) groups excluding carboxylic acids is 1. The van der Waals surface area contributed by atoms with Crippen molar-refractivity contribution >= 4 is 17.7 Å². The van der Waals surface area contributed by atoms with Crippen molar-refractivity contribution in [2.24, 2.45) is 0 Å². The van der Waals surface area contributed by atoms with Crippen molar-refractivity contribution in [3.63, 3.8) is 0 Å². The third-order valence-electron chi connectivity index (χ3n) is 3.14. The second kappa shape index (κ2) is 9.10. The zero-order valence-electron chi connectivity index (χ0n) is 13.4. The first-order valence-electron chi connectivity index (χ1n) is 7.41. The molecule has 0 bridgehead atoms. The number of thioether (sulfide) groups is 1. The summed E-state index contributed by atoms with van der Waals surface area (Å²) in [7, 11) is 1.60. The molecule has 1 amide bonds. The van der Waals surface area contributed by atoms with Gasteiger partial charge in [0.05, 0.1) is 19.4 Å². The number of benzene rings is 2. The summed E-state index contributed by atoms with van der Waals surface area (Å²) < 4.78 is 10.8. The Morgan fingerprint density at radius 3 is 2.48 bits per heavy atom. The quantitative estimate of drug-likeness (QED) is 0.596. The molecule has 0 unspecified atom stereocenters. The molecular weight excluding hydrogens is 310 g/mol. The number of para-hydroxylation sites is 2. The van der Waals surface area contributed by atoms with E-state index in [1.165, 1.54) is 17.3 Å². The molecule has 2 aromatic rings. The average Bonchev–Trinajstić information content (AvgIpc) is 2.58. The van der Waals surface area contributed by atoms with Crippen LogP contribution in [0.15, 0.2) is 53.4 Å². The van der Waals surface area contributed by atoms with Crippen LogP contribution in [0, 0.1) is 6.92 Å². The lowest BCUT2D eigenvalue weighted by Gasteiger charge is -2.10. The molecule has 0 aliphatic rings. The van der Waals surface area contributed by atoms with E-state index >= 15 is 0 Å². The third kappa shape index (κ3) is 5.87. The van der Waals surface area contributed by atoms with Crippen molar-refractivity contribution in [2.45, 2.75) is 11.8 Å². The van der Waals surface area contributed by atoms with E-state index in [9.17, 15) is 4.79 Å². The highest BCUT2D eigenvalue weighted by Gasteiger charge is 2.04. The van der Waals surface area contributed by atoms with Gasteiger partial charge in [0.2, 0.25) is 5.91 Å². The zero-order chi connectivity index (χ0) is 16.5. The molecule has 4 nitrogen and oxygen atoms in total. The van der Waals surface area contributed by atoms with Gasteiger partial charge in [-0.1, -0.05) is 29.8 Å². The topological polar surface area (TPSA) is 47.6 Å². The van der Waals surface area contributed by atoms with Gasteiger partial charge in [0, 0.05) is 4.90 Å². The summed E-state index contributed by atoms with van der Waals surface area (Å²) in [6.45, 7) is 2.91. The predicted molar refractivity (Wildman–Crippen MR) is 93.4 cm³/mol. The SMILES string of the molecule is COc1ccccc1OCCNC(=O)CSc1ccc(C)cc1. The van der Waals surface area contributed by atoms with Crippen LogP contribution in [-0.2, 0) is 4.79 Å². The van der Waals surface area contributed by atoms with E-state index in [0.29, 0.717) is 30.4 Å². The van der Waals surface area contributed by atoms with Crippen molar-refractivity contribution in [2.75, 3.05) is 26.0 Å². The van der Waals surface area contributed by atoms with Gasteiger partial charge in [-0.2, -0.15) is 0 Å². The maximum atomic E-state index is 11.8. The second-order valence-corrected chi connectivity index (χ2v) is 6.00. The van der Waals surface area contributed by atoms with Crippen LogP contribution in [0.25, 0.3) is 0 Å². The molecule has 0 saturated carbocycles. The summed E-state index contributed by atoms with van der Waals surface area (Å²) in [6, 6.07) is 15.6. The molecule has 0 aliphatic carbocycles. The minimum atomic E-state index is -0.000739. The van der Waals surface area contributed by atoms with Gasteiger partial charge in [0.15, 0.2) is 11.5 Å². The van der Waals surface area contributed by atoms with Gasteiger partial charge in [0.25, 0.3) is 0 Å². The van der Waals surface area contributed by atoms with Crippen molar-refractivity contribution in [1.82, 2.24) is 5.32 Å². The second-order valence-electron chi connectivity index (χ2n) is 4.95. The Labute approximate surface area is 141 Å². The van der Waals surface area contributed by atoms with Crippen LogP contribution in [-0.4, -0.2) is 31.9 Å². The molecule has 0 aliphatic heterocycles. The van der Waals surface area contributed by atoms with Crippen molar-refractivity contribution in [3.05, 3.63) is 54.1 Å². The fourth-order valence-corrected chi connectivity index (χ4v) is 2.65. The van der Waals surface area contributed by atoms with Crippen LogP contribution in [0.5, 0.6) is 11.5 Å². The number of hydrogen-bond donors (Lipinski definition) is 1. The van der Waals surface area contributed by atoms with Crippen molar-refractivity contribution < 1.29 is 14.3 Å². The maximum Gasteiger partial charge on any atom is 0.230 e. The van der Waals surface area contributed by atoms with Gasteiger partial charge in [-0.25, -0.2) is 0 Å². The number of hydrogen-bond acceptors (Lipinski definition) is 4. The van der Waals surface area contributed by atoms with E-state index in [-0.39, 0.29) is 5.91 Å². The standard InChI is InChI=1S/C18H21NO3S/c1-14-7-9-15(10-8-14)23-13-18(20)19-11-12-22-17-6-4-3-5-16(17)21-2/h3-10H,11-13H2,1-2H3,(H,19,20). The lowest BCUT2D eigenvalue weighted by Crippen LogP contribution is -2.29. The minimum Gasteiger partial charge on any atom is -0.493 e. The number of amides is 1. The number of nitrogens with one attached hydrogen (secondary N) is 1. The number of aryl methyl sites for hydroxylation is 1. The normalized spacial score (nSPS) is 10.2. The molecule has 5 heteroatoms. The van der Waals surface area contributed by atoms with Gasteiger partial charge in [0.1, 0.15) is 6.61 Å². The van der Waals surface area contributed by atoms with E-state index in [2.05, 4.69) is 5.32 Å². The van der Waals surface area contributed by atoms with Crippen LogP contribution < -0.4 is 14.8 Å². The molecular formula is C18H21NO3S. The van der Waals surface area contributed by atoms with Crippen LogP contribution in [0.2, 0.25) is 0 Å². The van der Waals surface area contributed by atoms with Gasteiger partial charge in [-0.3, -0.25) is 4.79 Å². The highest BCUT2D eigenvalue weighted by Crippen LogP contribution is 2.25. The van der Waals surface area contributed by atoms with E-state index in [4.69, 9.17) is 9.47 Å². The van der Waals surface area contributed by atoms with E-state index < -0.39 is 0 Å². The number of carbonyl (C=O) groups is 1. The van der Waals surface area contributed by atoms with Crippen LogP contribution in [0.1, 0.15) is 5.56 Å². The lowest BCUT2D eigenvalue weighted by atomic mass is 10.2. The molecule has 0 aromatic heterocycles. The summed E-state index contributed by atoms with van der Waals surface area (Å²) in [5.74, 6) is 1.77. The Morgan fingerprint density at radius 1 is 1.09 bits per heavy atom. The zero-order valence-corrected chi connectivity index (χ0v) is 14.2. The summed E-state index contributed by atoms with van der Waals surface area (Å²) in [6.07, 6.45) is 0. The summed E-state index contributed by atoms with van der Waals surface area (Å²) in [5, 5.41) is 2.85. The largest absolute Gasteiger partial charge is 0.493 e. The number of rotatable bonds is 8. The van der Waals surface area contributed by atoms with Gasteiger partial charge in [-0.15, -0.1) is 11.8 Å². The number of methoxy groups -OCH3 is 1. The fourth-order valence-electron chi connectivity index (χ4n) is 1.92. The van der Waals surface area contributed by atoms with Crippen LogP contribution in [0.4, 0.5) is 0 Å². The first-order valence-corrected chi connectivity index (χ1v) is 8.39. The van der Waals surface area contributed by atoms with Crippen molar-refractivity contribution in [3.8, 4) is 11.5 Å². The molecule has 1 N–H and O–H groups in total. The molecule has 0 spiro atoms. The Morgan fingerprint density at radius 2 is 1.78 bits per heavy atom. The monoisotopic (exact) mass is 331 g/mol. The summed E-state index contributed by atoms with van der Waals surface area (Å²) in [4.78, 5) is 12.9. The molecule has 0 heterocycles.